The van der Waals surface area contributed by atoms with Crippen molar-refractivity contribution in [2.45, 2.75) is 24.8 Å². The predicted octanol–water partition coefficient (Wildman–Crippen LogP) is 2.70. The van der Waals surface area contributed by atoms with Gasteiger partial charge in [0, 0.05) is 6.54 Å². The van der Waals surface area contributed by atoms with E-state index in [1.807, 2.05) is 67.6 Å². The Morgan fingerprint density at radius 2 is 1.59 bits per heavy atom. The summed E-state index contributed by atoms with van der Waals surface area (Å²) in [5.41, 5.74) is 1.49. The van der Waals surface area contributed by atoms with Crippen molar-refractivity contribution in [2.24, 2.45) is 0 Å². The highest BCUT2D eigenvalue weighted by Crippen LogP contribution is 2.48. The number of amides is 2. The Hall–Kier alpha value is -2.33. The summed E-state index contributed by atoms with van der Waals surface area (Å²) < 4.78 is 5.92. The highest BCUT2D eigenvalue weighted by molar-refractivity contribution is 5.79. The molecule has 0 spiro atoms. The van der Waals surface area contributed by atoms with Gasteiger partial charge in [-0.1, -0.05) is 60.7 Å². The SMILES string of the molecule is CCN1C(=O)NC(c2ccccc2)(c2ccccc2)C2OC21. The fourth-order valence-corrected chi connectivity index (χ4v) is 3.45. The summed E-state index contributed by atoms with van der Waals surface area (Å²) in [5, 5.41) is 3.22. The fraction of sp³-hybridized carbons (Fsp3) is 0.278. The van der Waals surface area contributed by atoms with Crippen molar-refractivity contribution < 1.29 is 9.53 Å². The molecule has 4 heteroatoms. The van der Waals surface area contributed by atoms with Crippen LogP contribution in [0.4, 0.5) is 4.79 Å². The Morgan fingerprint density at radius 3 is 2.09 bits per heavy atom. The lowest BCUT2D eigenvalue weighted by molar-refractivity contribution is 0.161. The summed E-state index contributed by atoms with van der Waals surface area (Å²) in [5.74, 6) is 0. The lowest BCUT2D eigenvalue weighted by atomic mass is 9.78. The van der Waals surface area contributed by atoms with E-state index in [1.165, 1.54) is 0 Å². The van der Waals surface area contributed by atoms with Crippen LogP contribution in [0, 0.1) is 0 Å². The monoisotopic (exact) mass is 294 g/mol. The molecule has 0 aliphatic carbocycles. The number of carbonyl (C=O) groups excluding carboxylic acids is 1. The van der Waals surface area contributed by atoms with E-state index in [9.17, 15) is 4.79 Å². The third-order valence-electron chi connectivity index (χ3n) is 4.57. The van der Waals surface area contributed by atoms with Gasteiger partial charge in [-0.3, -0.25) is 4.90 Å². The number of benzene rings is 2. The van der Waals surface area contributed by atoms with E-state index in [-0.39, 0.29) is 18.4 Å². The zero-order valence-corrected chi connectivity index (χ0v) is 12.4. The number of nitrogens with zero attached hydrogens (tertiary/aromatic N) is 1. The van der Waals surface area contributed by atoms with Gasteiger partial charge < -0.3 is 10.1 Å². The number of urea groups is 1. The van der Waals surface area contributed by atoms with Gasteiger partial charge in [-0.25, -0.2) is 4.79 Å². The molecule has 112 valence electrons. The zero-order valence-electron chi connectivity index (χ0n) is 12.4. The summed E-state index contributed by atoms with van der Waals surface area (Å²) in [4.78, 5) is 14.3. The van der Waals surface area contributed by atoms with Gasteiger partial charge in [-0.2, -0.15) is 0 Å². The molecule has 1 N–H and O–H groups in total. The maximum atomic E-state index is 12.6. The molecular weight excluding hydrogens is 276 g/mol. The molecule has 2 atom stereocenters. The number of fused-ring (bicyclic) bond motifs is 1. The van der Waals surface area contributed by atoms with Gasteiger partial charge in [-0.15, -0.1) is 0 Å². The molecule has 22 heavy (non-hydrogen) atoms. The molecule has 2 heterocycles. The topological polar surface area (TPSA) is 44.9 Å². The second-order valence-electron chi connectivity index (χ2n) is 5.70. The lowest BCUT2D eigenvalue weighted by Gasteiger charge is -2.40. The Bertz CT molecular complexity index is 647. The summed E-state index contributed by atoms with van der Waals surface area (Å²) in [6.45, 7) is 2.61. The van der Waals surface area contributed by atoms with Crippen molar-refractivity contribution in [1.29, 1.82) is 0 Å². The first-order valence-electron chi connectivity index (χ1n) is 7.62. The van der Waals surface area contributed by atoms with E-state index in [0.717, 1.165) is 11.1 Å². The lowest BCUT2D eigenvalue weighted by Crippen LogP contribution is -2.61. The first kappa shape index (κ1) is 13.3. The van der Waals surface area contributed by atoms with E-state index in [0.29, 0.717) is 6.54 Å². The first-order chi connectivity index (χ1) is 10.8. The van der Waals surface area contributed by atoms with E-state index in [1.54, 1.807) is 4.90 Å². The number of rotatable bonds is 3. The summed E-state index contributed by atoms with van der Waals surface area (Å²) in [6, 6.07) is 20.1. The van der Waals surface area contributed by atoms with Gasteiger partial charge in [0.05, 0.1) is 0 Å². The van der Waals surface area contributed by atoms with Gasteiger partial charge in [0.25, 0.3) is 0 Å². The standard InChI is InChI=1S/C18H18N2O2/c1-2-20-16-15(22-16)18(19-17(20)21,13-9-5-3-6-10-13)14-11-7-4-8-12-14/h3-12,15-16H,2H2,1H3,(H,19,21). The molecule has 0 bridgehead atoms. The van der Waals surface area contributed by atoms with E-state index in [2.05, 4.69) is 5.32 Å². The summed E-state index contributed by atoms with van der Waals surface area (Å²) in [7, 11) is 0. The van der Waals surface area contributed by atoms with Crippen LogP contribution in [0.25, 0.3) is 0 Å². The molecule has 2 aliphatic rings. The molecule has 2 aromatic rings. The molecule has 0 aromatic heterocycles. The molecule has 2 aliphatic heterocycles. The predicted molar refractivity (Wildman–Crippen MR) is 83.2 cm³/mol. The van der Waals surface area contributed by atoms with E-state index >= 15 is 0 Å². The average Bonchev–Trinajstić information content (AvgIpc) is 3.36. The Labute approximate surface area is 129 Å². The van der Waals surface area contributed by atoms with Crippen LogP contribution in [0.2, 0.25) is 0 Å². The van der Waals surface area contributed by atoms with Crippen molar-refractivity contribution in [3.8, 4) is 0 Å². The van der Waals surface area contributed by atoms with Crippen molar-refractivity contribution in [1.82, 2.24) is 10.2 Å². The van der Waals surface area contributed by atoms with Gasteiger partial charge >= 0.3 is 6.03 Å². The number of ether oxygens (including phenoxy) is 1. The van der Waals surface area contributed by atoms with Gasteiger partial charge in [0.1, 0.15) is 11.6 Å². The molecule has 2 amide bonds. The zero-order chi connectivity index (χ0) is 15.2. The quantitative estimate of drug-likeness (QED) is 0.885. The maximum Gasteiger partial charge on any atom is 0.320 e. The number of nitrogens with one attached hydrogen (secondary N) is 1. The second-order valence-corrected chi connectivity index (χ2v) is 5.70. The molecule has 0 radical (unpaired) electrons. The minimum atomic E-state index is -0.615. The number of hydrogen-bond acceptors (Lipinski definition) is 2. The smallest absolute Gasteiger partial charge is 0.320 e. The van der Waals surface area contributed by atoms with Crippen molar-refractivity contribution >= 4 is 6.03 Å². The highest BCUT2D eigenvalue weighted by atomic mass is 16.6. The third-order valence-corrected chi connectivity index (χ3v) is 4.57. The highest BCUT2D eigenvalue weighted by Gasteiger charge is 2.64. The largest absolute Gasteiger partial charge is 0.344 e. The Kier molecular flexibility index (Phi) is 2.94. The molecular formula is C18H18N2O2. The third kappa shape index (κ3) is 1.77. The van der Waals surface area contributed by atoms with Crippen LogP contribution in [0.5, 0.6) is 0 Å². The fourth-order valence-electron chi connectivity index (χ4n) is 3.45. The summed E-state index contributed by atoms with van der Waals surface area (Å²) >= 11 is 0. The van der Waals surface area contributed by atoms with Crippen molar-refractivity contribution in [3.63, 3.8) is 0 Å². The number of likely N-dealkylation sites (N-methyl/N-ethyl adjacent to an activating group) is 1. The molecule has 4 nitrogen and oxygen atoms in total. The molecule has 2 unspecified atom stereocenters. The minimum absolute atomic E-state index is 0.0602. The van der Waals surface area contributed by atoms with Crippen LogP contribution in [0.3, 0.4) is 0 Å². The molecule has 2 saturated heterocycles. The Morgan fingerprint density at radius 1 is 1.05 bits per heavy atom. The number of epoxide rings is 1. The van der Waals surface area contributed by atoms with Gasteiger partial charge in [0.15, 0.2) is 6.23 Å². The van der Waals surface area contributed by atoms with Crippen LogP contribution < -0.4 is 5.32 Å². The Balaban J connectivity index is 1.87. The maximum absolute atomic E-state index is 12.6. The molecule has 2 aromatic carbocycles. The van der Waals surface area contributed by atoms with Crippen LogP contribution in [-0.4, -0.2) is 29.8 Å². The normalized spacial score (nSPS) is 25.3. The van der Waals surface area contributed by atoms with Crippen LogP contribution >= 0.6 is 0 Å². The molecule has 4 rings (SSSR count). The minimum Gasteiger partial charge on any atom is -0.344 e. The average molecular weight is 294 g/mol. The molecule has 2 fully saturated rings. The van der Waals surface area contributed by atoms with Gasteiger partial charge in [0.2, 0.25) is 0 Å². The first-order valence-corrected chi connectivity index (χ1v) is 7.62. The van der Waals surface area contributed by atoms with E-state index in [4.69, 9.17) is 4.74 Å². The van der Waals surface area contributed by atoms with Crippen LogP contribution in [-0.2, 0) is 10.3 Å². The van der Waals surface area contributed by atoms with Crippen molar-refractivity contribution in [2.75, 3.05) is 6.54 Å². The van der Waals surface area contributed by atoms with Crippen molar-refractivity contribution in [3.05, 3.63) is 71.8 Å². The summed E-state index contributed by atoms with van der Waals surface area (Å²) in [6.07, 6.45) is -0.200. The van der Waals surface area contributed by atoms with Gasteiger partial charge in [-0.05, 0) is 18.1 Å². The van der Waals surface area contributed by atoms with Crippen LogP contribution in [0.15, 0.2) is 60.7 Å². The molecule has 0 saturated carbocycles. The van der Waals surface area contributed by atoms with Crippen LogP contribution in [0.1, 0.15) is 18.1 Å². The number of hydrogen-bond donors (Lipinski definition) is 1. The van der Waals surface area contributed by atoms with E-state index < -0.39 is 5.54 Å². The number of carbonyl (C=O) groups is 1. The second kappa shape index (κ2) is 4.85.